The van der Waals surface area contributed by atoms with E-state index >= 15 is 0 Å². The summed E-state index contributed by atoms with van der Waals surface area (Å²) in [4.78, 5) is 11.5. The second kappa shape index (κ2) is 3.87. The second-order valence-corrected chi connectivity index (χ2v) is 5.84. The monoisotopic (exact) mass is 218 g/mol. The SMILES string of the molecule is C=C(C)[C@@H]1CC[C@@]2(C1)C(C)=CC(=O)CC2C. The molecule has 1 unspecified atom stereocenters. The molecule has 0 aromatic rings. The van der Waals surface area contributed by atoms with E-state index in [1.54, 1.807) is 0 Å². The first-order chi connectivity index (χ1) is 7.45. The van der Waals surface area contributed by atoms with Gasteiger partial charge in [-0.3, -0.25) is 4.79 Å². The van der Waals surface area contributed by atoms with Crippen LogP contribution in [-0.4, -0.2) is 5.78 Å². The van der Waals surface area contributed by atoms with Crippen LogP contribution in [0.3, 0.4) is 0 Å². The molecule has 1 heteroatoms. The standard InChI is InChI=1S/C15H22O/c1-10(2)13-5-6-15(9-13)11(3)7-14(16)8-12(15)4/h7,12-13H,1,5-6,8-9H2,2-4H3/t12?,13-,15-/m1/s1. The molecule has 0 aromatic carbocycles. The summed E-state index contributed by atoms with van der Waals surface area (Å²) in [6, 6.07) is 0. The number of hydrogen-bond donors (Lipinski definition) is 0. The summed E-state index contributed by atoms with van der Waals surface area (Å²) >= 11 is 0. The van der Waals surface area contributed by atoms with Crippen LogP contribution >= 0.6 is 0 Å². The third-order valence-electron chi connectivity index (χ3n) is 4.86. The first kappa shape index (κ1) is 11.6. The maximum absolute atomic E-state index is 11.5. The summed E-state index contributed by atoms with van der Waals surface area (Å²) in [5, 5.41) is 0. The van der Waals surface area contributed by atoms with Gasteiger partial charge in [0.2, 0.25) is 0 Å². The van der Waals surface area contributed by atoms with Gasteiger partial charge in [-0.25, -0.2) is 0 Å². The zero-order chi connectivity index (χ0) is 11.9. The van der Waals surface area contributed by atoms with Crippen LogP contribution < -0.4 is 0 Å². The van der Waals surface area contributed by atoms with Gasteiger partial charge in [-0.2, -0.15) is 0 Å². The molecule has 1 spiro atoms. The molecule has 0 aromatic heterocycles. The second-order valence-electron chi connectivity index (χ2n) is 5.84. The highest BCUT2D eigenvalue weighted by molar-refractivity contribution is 5.91. The average molecular weight is 218 g/mol. The van der Waals surface area contributed by atoms with E-state index in [1.807, 2.05) is 6.08 Å². The van der Waals surface area contributed by atoms with Crippen molar-refractivity contribution >= 4 is 5.78 Å². The molecule has 88 valence electrons. The van der Waals surface area contributed by atoms with Crippen LogP contribution in [0.25, 0.3) is 0 Å². The lowest BCUT2D eigenvalue weighted by atomic mass is 9.64. The summed E-state index contributed by atoms with van der Waals surface area (Å²) < 4.78 is 0. The Labute approximate surface area is 98.6 Å². The molecular weight excluding hydrogens is 196 g/mol. The van der Waals surface area contributed by atoms with E-state index in [-0.39, 0.29) is 0 Å². The minimum Gasteiger partial charge on any atom is -0.295 e. The van der Waals surface area contributed by atoms with Gasteiger partial charge < -0.3 is 0 Å². The van der Waals surface area contributed by atoms with Crippen molar-refractivity contribution in [2.75, 3.05) is 0 Å². The van der Waals surface area contributed by atoms with E-state index in [9.17, 15) is 4.79 Å². The summed E-state index contributed by atoms with van der Waals surface area (Å²) in [6.45, 7) is 10.6. The van der Waals surface area contributed by atoms with Crippen molar-refractivity contribution < 1.29 is 4.79 Å². The van der Waals surface area contributed by atoms with Gasteiger partial charge in [-0.15, -0.1) is 0 Å². The van der Waals surface area contributed by atoms with Crippen LogP contribution in [0.2, 0.25) is 0 Å². The molecule has 2 rings (SSSR count). The van der Waals surface area contributed by atoms with Crippen molar-refractivity contribution in [3.05, 3.63) is 23.8 Å². The average Bonchev–Trinajstić information content (AvgIpc) is 2.60. The maximum Gasteiger partial charge on any atom is 0.155 e. The molecule has 0 radical (unpaired) electrons. The fraction of sp³-hybridized carbons (Fsp3) is 0.667. The van der Waals surface area contributed by atoms with E-state index in [2.05, 4.69) is 27.4 Å². The van der Waals surface area contributed by atoms with Crippen molar-refractivity contribution in [2.45, 2.75) is 46.5 Å². The lowest BCUT2D eigenvalue weighted by molar-refractivity contribution is -0.117. The number of carbonyl (C=O) groups excluding carboxylic acids is 1. The van der Waals surface area contributed by atoms with Gasteiger partial charge in [-0.05, 0) is 56.4 Å². The molecule has 0 N–H and O–H groups in total. The Morgan fingerprint density at radius 1 is 1.56 bits per heavy atom. The molecule has 0 heterocycles. The van der Waals surface area contributed by atoms with Gasteiger partial charge in [0.25, 0.3) is 0 Å². The lowest BCUT2D eigenvalue weighted by Crippen LogP contribution is -2.33. The normalized spacial score (nSPS) is 38.9. The minimum atomic E-state index is 0.303. The minimum absolute atomic E-state index is 0.303. The zero-order valence-corrected chi connectivity index (χ0v) is 10.7. The lowest BCUT2D eigenvalue weighted by Gasteiger charge is -2.39. The van der Waals surface area contributed by atoms with Gasteiger partial charge in [-0.1, -0.05) is 24.6 Å². The Bertz CT molecular complexity index is 364. The van der Waals surface area contributed by atoms with E-state index in [4.69, 9.17) is 0 Å². The fourth-order valence-electron chi connectivity index (χ4n) is 3.63. The molecular formula is C15H22O. The van der Waals surface area contributed by atoms with Gasteiger partial charge >= 0.3 is 0 Å². The molecule has 0 saturated heterocycles. The first-order valence-corrected chi connectivity index (χ1v) is 6.33. The number of ketones is 1. The molecule has 0 bridgehead atoms. The highest BCUT2D eigenvalue weighted by Crippen LogP contribution is 2.55. The van der Waals surface area contributed by atoms with Crippen LogP contribution in [0.4, 0.5) is 0 Å². The summed E-state index contributed by atoms with van der Waals surface area (Å²) in [6.07, 6.45) is 6.32. The van der Waals surface area contributed by atoms with E-state index < -0.39 is 0 Å². The van der Waals surface area contributed by atoms with Crippen LogP contribution in [-0.2, 0) is 4.79 Å². The predicted octanol–water partition coefficient (Wildman–Crippen LogP) is 3.90. The zero-order valence-electron chi connectivity index (χ0n) is 10.7. The highest BCUT2D eigenvalue weighted by atomic mass is 16.1. The molecule has 2 aliphatic carbocycles. The number of carbonyl (C=O) groups is 1. The fourth-order valence-corrected chi connectivity index (χ4v) is 3.63. The third-order valence-corrected chi connectivity index (χ3v) is 4.86. The molecule has 1 saturated carbocycles. The summed E-state index contributed by atoms with van der Waals surface area (Å²) in [7, 11) is 0. The Morgan fingerprint density at radius 3 is 2.75 bits per heavy atom. The van der Waals surface area contributed by atoms with Crippen LogP contribution in [0.15, 0.2) is 23.8 Å². The van der Waals surface area contributed by atoms with Gasteiger partial charge in [0.05, 0.1) is 0 Å². The number of allylic oxidation sites excluding steroid dienone is 3. The Balaban J connectivity index is 2.29. The Morgan fingerprint density at radius 2 is 2.25 bits per heavy atom. The topological polar surface area (TPSA) is 17.1 Å². The van der Waals surface area contributed by atoms with E-state index in [0.29, 0.717) is 23.0 Å². The Kier molecular flexibility index (Phi) is 2.81. The largest absolute Gasteiger partial charge is 0.295 e. The quantitative estimate of drug-likeness (QED) is 0.610. The summed E-state index contributed by atoms with van der Waals surface area (Å²) in [5.74, 6) is 1.49. The number of rotatable bonds is 1. The number of hydrogen-bond acceptors (Lipinski definition) is 1. The van der Waals surface area contributed by atoms with Crippen molar-refractivity contribution in [3.63, 3.8) is 0 Å². The molecule has 1 fully saturated rings. The summed E-state index contributed by atoms with van der Waals surface area (Å²) in [5.41, 5.74) is 2.94. The van der Waals surface area contributed by atoms with Crippen molar-refractivity contribution in [1.82, 2.24) is 0 Å². The smallest absolute Gasteiger partial charge is 0.155 e. The molecule has 1 nitrogen and oxygen atoms in total. The van der Waals surface area contributed by atoms with Crippen molar-refractivity contribution in [2.24, 2.45) is 17.3 Å². The first-order valence-electron chi connectivity index (χ1n) is 6.33. The van der Waals surface area contributed by atoms with Gasteiger partial charge in [0.15, 0.2) is 5.78 Å². The third kappa shape index (κ3) is 1.66. The molecule has 0 amide bonds. The molecule has 2 aliphatic rings. The van der Waals surface area contributed by atoms with Crippen LogP contribution in [0, 0.1) is 17.3 Å². The maximum atomic E-state index is 11.5. The molecule has 3 atom stereocenters. The van der Waals surface area contributed by atoms with Crippen LogP contribution in [0.1, 0.15) is 46.5 Å². The predicted molar refractivity (Wildman–Crippen MR) is 67.1 cm³/mol. The van der Waals surface area contributed by atoms with Gasteiger partial charge in [0, 0.05) is 6.42 Å². The van der Waals surface area contributed by atoms with Crippen molar-refractivity contribution in [1.29, 1.82) is 0 Å². The highest BCUT2D eigenvalue weighted by Gasteiger charge is 2.46. The molecule has 0 aliphatic heterocycles. The van der Waals surface area contributed by atoms with Gasteiger partial charge in [0.1, 0.15) is 0 Å². The van der Waals surface area contributed by atoms with E-state index in [1.165, 1.54) is 30.4 Å². The van der Waals surface area contributed by atoms with E-state index in [0.717, 1.165) is 6.42 Å². The molecule has 16 heavy (non-hydrogen) atoms. The van der Waals surface area contributed by atoms with Crippen molar-refractivity contribution in [3.8, 4) is 0 Å². The Hall–Kier alpha value is -0.850. The van der Waals surface area contributed by atoms with Crippen LogP contribution in [0.5, 0.6) is 0 Å².